The van der Waals surface area contributed by atoms with Gasteiger partial charge in [-0.05, 0) is 23.0 Å². The molecule has 0 saturated carbocycles. The van der Waals surface area contributed by atoms with Crippen LogP contribution in [0.4, 0.5) is 0 Å². The zero-order valence-corrected chi connectivity index (χ0v) is 9.99. The predicted octanol–water partition coefficient (Wildman–Crippen LogP) is 3.52. The smallest absolute Gasteiger partial charge is 0.161 e. The van der Waals surface area contributed by atoms with Gasteiger partial charge in [-0.2, -0.15) is 4.89 Å². The largest absolute Gasteiger partial charge is 0.509 e. The Morgan fingerprint density at radius 3 is 2.53 bits per heavy atom. The van der Waals surface area contributed by atoms with Crippen LogP contribution in [0.5, 0.6) is 0 Å². The molecule has 0 saturated heterocycles. The first kappa shape index (κ1) is 12.4. The lowest BCUT2D eigenvalue weighted by Gasteiger charge is -2.04. The third-order valence-corrected chi connectivity index (χ3v) is 3.58. The molecule has 1 N–H and O–H groups in total. The van der Waals surface area contributed by atoms with Gasteiger partial charge in [0.25, 0.3) is 0 Å². The fourth-order valence-corrected chi connectivity index (χ4v) is 2.39. The topological polar surface area (TPSA) is 37.3 Å². The van der Waals surface area contributed by atoms with Crippen molar-refractivity contribution in [1.29, 1.82) is 0 Å². The van der Waals surface area contributed by atoms with Crippen molar-refractivity contribution in [3.8, 4) is 0 Å². The molecular formula is C12H18O2P+. The van der Waals surface area contributed by atoms with Gasteiger partial charge in [0, 0.05) is 6.42 Å². The molecule has 0 aliphatic rings. The van der Waals surface area contributed by atoms with Gasteiger partial charge in [-0.25, -0.2) is 0 Å². The molecule has 2 atom stereocenters. The second-order valence-electron chi connectivity index (χ2n) is 3.79. The number of unbranched alkanes of at least 4 members (excludes halogenated alkanes) is 1. The molecule has 0 aliphatic heterocycles. The van der Waals surface area contributed by atoms with Gasteiger partial charge < -0.3 is 0 Å². The molecule has 0 spiro atoms. The first-order valence-electron chi connectivity index (χ1n) is 5.43. The number of hydrogen-bond donors (Lipinski definition) is 1. The summed E-state index contributed by atoms with van der Waals surface area (Å²) in [6.45, 7) is 2.10. The van der Waals surface area contributed by atoms with Crippen LogP contribution in [0.2, 0.25) is 0 Å². The van der Waals surface area contributed by atoms with E-state index < -0.39 is 8.03 Å². The van der Waals surface area contributed by atoms with E-state index in [1.165, 1.54) is 0 Å². The summed E-state index contributed by atoms with van der Waals surface area (Å²) in [5, 5.41) is 0. The highest BCUT2D eigenvalue weighted by molar-refractivity contribution is 7.38. The van der Waals surface area contributed by atoms with Gasteiger partial charge in [-0.3, -0.25) is 0 Å². The average molecular weight is 225 g/mol. The third-order valence-electron chi connectivity index (χ3n) is 2.52. The van der Waals surface area contributed by atoms with Gasteiger partial charge in [0.05, 0.1) is 0 Å². The fraction of sp³-hybridized carbons (Fsp3) is 0.500. The molecule has 15 heavy (non-hydrogen) atoms. The van der Waals surface area contributed by atoms with Crippen molar-refractivity contribution in [2.75, 3.05) is 0 Å². The Labute approximate surface area is 92.2 Å². The zero-order valence-electron chi connectivity index (χ0n) is 9.10. The van der Waals surface area contributed by atoms with E-state index >= 15 is 0 Å². The molecule has 2 nitrogen and oxygen atoms in total. The lowest BCUT2D eigenvalue weighted by atomic mass is 10.1. The predicted molar refractivity (Wildman–Crippen MR) is 63.3 cm³/mol. The average Bonchev–Trinajstić information content (AvgIpc) is 2.25. The number of hydrogen-bond acceptors (Lipinski definition) is 1. The molecule has 0 fully saturated rings. The van der Waals surface area contributed by atoms with Crippen LogP contribution in [-0.2, 0) is 11.0 Å². The highest BCUT2D eigenvalue weighted by atomic mass is 31.1. The lowest BCUT2D eigenvalue weighted by molar-refractivity contribution is 0.479. The van der Waals surface area contributed by atoms with E-state index in [0.29, 0.717) is 6.42 Å². The summed E-state index contributed by atoms with van der Waals surface area (Å²) in [5.41, 5.74) is 1.07. The van der Waals surface area contributed by atoms with Crippen molar-refractivity contribution >= 4 is 8.03 Å². The Bertz CT molecular complexity index is 298. The summed E-state index contributed by atoms with van der Waals surface area (Å²) in [7, 11) is -2.05. The Morgan fingerprint density at radius 2 is 2.00 bits per heavy atom. The molecule has 3 heteroatoms. The quantitative estimate of drug-likeness (QED) is 0.752. The summed E-state index contributed by atoms with van der Waals surface area (Å²) in [5.74, 6) is 0. The van der Waals surface area contributed by atoms with E-state index in [-0.39, 0.29) is 5.66 Å². The van der Waals surface area contributed by atoms with Crippen molar-refractivity contribution in [3.05, 3.63) is 35.9 Å². The van der Waals surface area contributed by atoms with Crippen LogP contribution in [-0.4, -0.2) is 10.6 Å². The van der Waals surface area contributed by atoms with E-state index in [0.717, 1.165) is 24.8 Å². The fourth-order valence-electron chi connectivity index (χ4n) is 1.62. The minimum atomic E-state index is -2.05. The second kappa shape index (κ2) is 6.71. The van der Waals surface area contributed by atoms with Gasteiger partial charge >= 0.3 is 8.03 Å². The van der Waals surface area contributed by atoms with Gasteiger partial charge in [0.15, 0.2) is 5.66 Å². The summed E-state index contributed by atoms with van der Waals surface area (Å²) < 4.78 is 11.2. The minimum Gasteiger partial charge on any atom is -0.161 e. The molecule has 0 amide bonds. The summed E-state index contributed by atoms with van der Waals surface area (Å²) in [6.07, 6.45) is 3.66. The highest BCUT2D eigenvalue weighted by Crippen LogP contribution is 2.29. The molecule has 0 heterocycles. The van der Waals surface area contributed by atoms with Crippen molar-refractivity contribution in [2.24, 2.45) is 0 Å². The zero-order chi connectivity index (χ0) is 11.1. The lowest BCUT2D eigenvalue weighted by Crippen LogP contribution is -2.06. The second-order valence-corrected chi connectivity index (χ2v) is 5.12. The summed E-state index contributed by atoms with van der Waals surface area (Å²) in [4.78, 5) is 9.21. The Kier molecular flexibility index (Phi) is 5.52. The van der Waals surface area contributed by atoms with Crippen molar-refractivity contribution < 1.29 is 9.46 Å². The molecule has 0 aromatic heterocycles. The van der Waals surface area contributed by atoms with Crippen LogP contribution in [0.15, 0.2) is 30.3 Å². The third kappa shape index (κ3) is 4.55. The molecular weight excluding hydrogens is 207 g/mol. The van der Waals surface area contributed by atoms with Crippen molar-refractivity contribution in [1.82, 2.24) is 0 Å². The number of rotatable bonds is 6. The Hall–Kier alpha value is -0.720. The molecule has 0 radical (unpaired) electrons. The monoisotopic (exact) mass is 225 g/mol. The van der Waals surface area contributed by atoms with Crippen LogP contribution < -0.4 is 0 Å². The maximum absolute atomic E-state index is 11.2. The molecule has 82 valence electrons. The van der Waals surface area contributed by atoms with E-state index in [1.54, 1.807) is 0 Å². The molecule has 1 aromatic rings. The van der Waals surface area contributed by atoms with Gasteiger partial charge in [-0.15, -0.1) is 0 Å². The minimum absolute atomic E-state index is 0.0812. The van der Waals surface area contributed by atoms with Crippen molar-refractivity contribution in [3.63, 3.8) is 0 Å². The highest BCUT2D eigenvalue weighted by Gasteiger charge is 2.28. The van der Waals surface area contributed by atoms with E-state index in [4.69, 9.17) is 0 Å². The van der Waals surface area contributed by atoms with Crippen LogP contribution in [0.1, 0.15) is 31.7 Å². The van der Waals surface area contributed by atoms with Crippen LogP contribution in [0, 0.1) is 0 Å². The number of benzene rings is 1. The summed E-state index contributed by atoms with van der Waals surface area (Å²) >= 11 is 0. The van der Waals surface area contributed by atoms with Crippen LogP contribution >= 0.6 is 8.03 Å². The SMILES string of the molecule is CCCCC(Cc1ccccc1)[P+](=O)O. The Balaban J connectivity index is 2.55. The standard InChI is InChI=1S/C12H17O2P/c1-2-3-9-12(15(13)14)10-11-7-5-4-6-8-11/h4-8,12H,2-3,9-10H2,1H3/p+1. The molecule has 0 aliphatic carbocycles. The van der Waals surface area contributed by atoms with E-state index in [9.17, 15) is 9.46 Å². The molecule has 1 rings (SSSR count). The first-order chi connectivity index (χ1) is 7.24. The van der Waals surface area contributed by atoms with E-state index in [2.05, 4.69) is 6.92 Å². The van der Waals surface area contributed by atoms with Crippen LogP contribution in [0.25, 0.3) is 0 Å². The van der Waals surface area contributed by atoms with Gasteiger partial charge in [-0.1, -0.05) is 43.7 Å². The van der Waals surface area contributed by atoms with Crippen LogP contribution in [0.3, 0.4) is 0 Å². The molecule has 1 aromatic carbocycles. The molecule has 2 unspecified atom stereocenters. The maximum atomic E-state index is 11.2. The molecule has 0 bridgehead atoms. The van der Waals surface area contributed by atoms with Gasteiger partial charge in [0.1, 0.15) is 0 Å². The summed E-state index contributed by atoms with van der Waals surface area (Å²) in [6, 6.07) is 9.92. The van der Waals surface area contributed by atoms with Crippen molar-refractivity contribution in [2.45, 2.75) is 38.3 Å². The van der Waals surface area contributed by atoms with Gasteiger partial charge in [0.2, 0.25) is 0 Å². The maximum Gasteiger partial charge on any atom is 0.509 e. The van der Waals surface area contributed by atoms with E-state index in [1.807, 2.05) is 30.3 Å². The normalized spacial score (nSPS) is 13.6. The Morgan fingerprint density at radius 1 is 1.33 bits per heavy atom. The first-order valence-corrected chi connectivity index (χ1v) is 6.71.